The van der Waals surface area contributed by atoms with E-state index in [4.69, 9.17) is 0 Å². The minimum atomic E-state index is -2.22. The Hall–Kier alpha value is -1.84. The van der Waals surface area contributed by atoms with E-state index in [9.17, 15) is 24.6 Å². The van der Waals surface area contributed by atoms with Gasteiger partial charge in [-0.05, 0) is 22.0 Å². The molecular formula is C10H8BrNO7. The number of carbonyl (C=O) groups excluding carboxylic acids is 3. The predicted octanol–water partition coefficient (Wildman–Crippen LogP) is -0.829. The van der Waals surface area contributed by atoms with Crippen molar-refractivity contribution in [3.8, 4) is 5.75 Å². The van der Waals surface area contributed by atoms with Crippen molar-refractivity contribution in [2.24, 2.45) is 0 Å². The second-order valence-electron chi connectivity index (χ2n) is 3.18. The van der Waals surface area contributed by atoms with Crippen LogP contribution in [0.5, 0.6) is 5.75 Å². The Labute approximate surface area is 115 Å². The van der Waals surface area contributed by atoms with Crippen LogP contribution in [0.1, 0.15) is 0 Å². The number of aliphatic hydroxyl groups excluding tert-OH is 2. The highest BCUT2D eigenvalue weighted by Gasteiger charge is 2.33. The monoisotopic (exact) mass is 333 g/mol. The van der Waals surface area contributed by atoms with Crippen LogP contribution >= 0.6 is 15.9 Å². The summed E-state index contributed by atoms with van der Waals surface area (Å²) in [5.41, 5.74) is 0. The van der Waals surface area contributed by atoms with Gasteiger partial charge in [-0.1, -0.05) is 0 Å². The van der Waals surface area contributed by atoms with Gasteiger partial charge in [0.2, 0.25) is 0 Å². The average molecular weight is 334 g/mol. The Balaban J connectivity index is 2.67. The molecular weight excluding hydrogens is 326 g/mol. The molecule has 2 atom stereocenters. The zero-order valence-corrected chi connectivity index (χ0v) is 10.8. The van der Waals surface area contributed by atoms with Gasteiger partial charge in [0.25, 0.3) is 0 Å². The Bertz CT molecular complexity index is 493. The minimum absolute atomic E-state index is 0.00520. The van der Waals surface area contributed by atoms with Crippen LogP contribution in [-0.2, 0) is 19.1 Å². The van der Waals surface area contributed by atoms with E-state index in [1.807, 2.05) is 0 Å². The lowest BCUT2D eigenvalue weighted by molar-refractivity contribution is -0.170. The summed E-state index contributed by atoms with van der Waals surface area (Å²) in [5, 5.41) is 18.6. The topological polar surface area (TPSA) is 123 Å². The maximum Gasteiger partial charge on any atom is 0.345 e. The average Bonchev–Trinajstić information content (AvgIpc) is 2.37. The van der Waals surface area contributed by atoms with Crippen molar-refractivity contribution in [3.05, 3.63) is 22.9 Å². The quantitative estimate of drug-likeness (QED) is 0.406. The molecule has 1 aromatic rings. The standard InChI is InChI=1S/C10H8BrNO7/c11-5-1-6(3-12-2-5)19-10(17)8(15)7(14)9(16)18-4-13/h1-4,7-8,14-15H. The summed E-state index contributed by atoms with van der Waals surface area (Å²) in [6.45, 7) is -0.234. The van der Waals surface area contributed by atoms with E-state index in [1.165, 1.54) is 18.5 Å². The second-order valence-corrected chi connectivity index (χ2v) is 4.10. The fourth-order valence-corrected chi connectivity index (χ4v) is 1.34. The fraction of sp³-hybridized carbons (Fsp3) is 0.200. The van der Waals surface area contributed by atoms with Gasteiger partial charge in [-0.2, -0.15) is 0 Å². The molecule has 1 heterocycles. The molecule has 0 radical (unpaired) electrons. The normalized spacial score (nSPS) is 13.2. The zero-order chi connectivity index (χ0) is 14.4. The Morgan fingerprint density at radius 2 is 1.89 bits per heavy atom. The molecule has 0 bridgehead atoms. The molecule has 1 aromatic heterocycles. The summed E-state index contributed by atoms with van der Waals surface area (Å²) in [6, 6.07) is 1.38. The van der Waals surface area contributed by atoms with E-state index in [-0.39, 0.29) is 12.2 Å². The third kappa shape index (κ3) is 4.39. The summed E-state index contributed by atoms with van der Waals surface area (Å²) in [5.74, 6) is -2.77. The molecule has 1 rings (SSSR count). The van der Waals surface area contributed by atoms with Crippen LogP contribution < -0.4 is 4.74 Å². The largest absolute Gasteiger partial charge is 0.423 e. The van der Waals surface area contributed by atoms with Gasteiger partial charge in [0.05, 0.1) is 6.20 Å². The van der Waals surface area contributed by atoms with Crippen LogP contribution in [0.15, 0.2) is 22.9 Å². The third-order valence-electron chi connectivity index (χ3n) is 1.84. The van der Waals surface area contributed by atoms with Gasteiger partial charge in [0.15, 0.2) is 12.2 Å². The first kappa shape index (κ1) is 15.2. The van der Waals surface area contributed by atoms with E-state index in [0.717, 1.165) is 0 Å². The summed E-state index contributed by atoms with van der Waals surface area (Å²) in [6.07, 6.45) is -1.79. The van der Waals surface area contributed by atoms with E-state index in [0.29, 0.717) is 4.47 Å². The van der Waals surface area contributed by atoms with Crippen molar-refractivity contribution < 1.29 is 34.1 Å². The van der Waals surface area contributed by atoms with Gasteiger partial charge < -0.3 is 19.7 Å². The molecule has 0 saturated carbocycles. The van der Waals surface area contributed by atoms with E-state index in [1.54, 1.807) is 0 Å². The van der Waals surface area contributed by atoms with Crippen LogP contribution in [0.3, 0.4) is 0 Å². The maximum absolute atomic E-state index is 11.4. The van der Waals surface area contributed by atoms with Crippen LogP contribution in [-0.4, -0.2) is 45.8 Å². The highest BCUT2D eigenvalue weighted by Crippen LogP contribution is 2.16. The Morgan fingerprint density at radius 1 is 1.26 bits per heavy atom. The lowest BCUT2D eigenvalue weighted by Gasteiger charge is -2.13. The summed E-state index contributed by atoms with van der Waals surface area (Å²) >= 11 is 3.08. The van der Waals surface area contributed by atoms with E-state index >= 15 is 0 Å². The van der Waals surface area contributed by atoms with Crippen molar-refractivity contribution in [3.63, 3.8) is 0 Å². The molecule has 0 aliphatic carbocycles. The summed E-state index contributed by atoms with van der Waals surface area (Å²) in [4.78, 5) is 35.9. The first-order valence-electron chi connectivity index (χ1n) is 4.78. The lowest BCUT2D eigenvalue weighted by Crippen LogP contribution is -2.42. The molecule has 0 aromatic carbocycles. The van der Waals surface area contributed by atoms with Crippen molar-refractivity contribution in [2.45, 2.75) is 12.2 Å². The van der Waals surface area contributed by atoms with Crippen molar-refractivity contribution >= 4 is 34.3 Å². The molecule has 2 N–H and O–H groups in total. The number of esters is 2. The molecule has 0 aliphatic rings. The highest BCUT2D eigenvalue weighted by molar-refractivity contribution is 9.10. The smallest absolute Gasteiger partial charge is 0.345 e. The molecule has 0 amide bonds. The van der Waals surface area contributed by atoms with Crippen molar-refractivity contribution in [1.29, 1.82) is 0 Å². The molecule has 0 aliphatic heterocycles. The fourth-order valence-electron chi connectivity index (χ4n) is 1.000. The number of ether oxygens (including phenoxy) is 2. The highest BCUT2D eigenvalue weighted by atomic mass is 79.9. The lowest BCUT2D eigenvalue weighted by atomic mass is 10.2. The van der Waals surface area contributed by atoms with E-state index < -0.39 is 24.1 Å². The van der Waals surface area contributed by atoms with Gasteiger partial charge in [-0.25, -0.2) is 9.59 Å². The van der Waals surface area contributed by atoms with Crippen LogP contribution in [0.25, 0.3) is 0 Å². The molecule has 9 heteroatoms. The number of hydrogen-bond acceptors (Lipinski definition) is 8. The van der Waals surface area contributed by atoms with Crippen LogP contribution in [0.4, 0.5) is 0 Å². The first-order chi connectivity index (χ1) is 8.95. The molecule has 2 unspecified atom stereocenters. The van der Waals surface area contributed by atoms with Gasteiger partial charge in [0, 0.05) is 10.7 Å². The van der Waals surface area contributed by atoms with Gasteiger partial charge >= 0.3 is 18.4 Å². The Morgan fingerprint density at radius 3 is 2.47 bits per heavy atom. The van der Waals surface area contributed by atoms with Crippen LogP contribution in [0.2, 0.25) is 0 Å². The van der Waals surface area contributed by atoms with Gasteiger partial charge in [0.1, 0.15) is 5.75 Å². The second kappa shape index (κ2) is 6.92. The third-order valence-corrected chi connectivity index (χ3v) is 2.28. The molecule has 8 nitrogen and oxygen atoms in total. The number of nitrogens with zero attached hydrogens (tertiary/aromatic N) is 1. The molecule has 102 valence electrons. The van der Waals surface area contributed by atoms with Gasteiger partial charge in [-0.3, -0.25) is 9.78 Å². The summed E-state index contributed by atoms with van der Waals surface area (Å²) in [7, 11) is 0. The number of rotatable bonds is 5. The van der Waals surface area contributed by atoms with Crippen molar-refractivity contribution in [1.82, 2.24) is 4.98 Å². The maximum atomic E-state index is 11.4. The Kier molecular flexibility index (Phi) is 5.55. The predicted molar refractivity (Wildman–Crippen MR) is 61.7 cm³/mol. The molecule has 0 spiro atoms. The number of halogens is 1. The minimum Gasteiger partial charge on any atom is -0.423 e. The number of hydrogen-bond donors (Lipinski definition) is 2. The number of aromatic nitrogens is 1. The van der Waals surface area contributed by atoms with E-state index in [2.05, 4.69) is 30.4 Å². The SMILES string of the molecule is O=COC(=O)C(O)C(O)C(=O)Oc1cncc(Br)c1. The number of carbonyl (C=O) groups is 3. The first-order valence-corrected chi connectivity index (χ1v) is 5.57. The zero-order valence-electron chi connectivity index (χ0n) is 9.22. The molecule has 0 saturated heterocycles. The molecule has 19 heavy (non-hydrogen) atoms. The van der Waals surface area contributed by atoms with Gasteiger partial charge in [-0.15, -0.1) is 0 Å². The molecule has 0 fully saturated rings. The van der Waals surface area contributed by atoms with Crippen molar-refractivity contribution in [2.75, 3.05) is 0 Å². The number of aliphatic hydroxyl groups is 2. The number of pyridine rings is 1. The summed E-state index contributed by atoms with van der Waals surface area (Å²) < 4.78 is 8.98. The van der Waals surface area contributed by atoms with Crippen LogP contribution in [0, 0.1) is 0 Å².